The number of hydrogen-bond donors (Lipinski definition) is 0. The molecule has 7 rings (SSSR count). The second kappa shape index (κ2) is 7.97. The molecule has 2 aromatic carbocycles. The highest BCUT2D eigenvalue weighted by molar-refractivity contribution is 9.10. The van der Waals surface area contributed by atoms with Crippen LogP contribution in [0.1, 0.15) is 17.5 Å². The van der Waals surface area contributed by atoms with Crippen LogP contribution in [0.25, 0.3) is 0 Å². The van der Waals surface area contributed by atoms with Gasteiger partial charge in [-0.2, -0.15) is 10.1 Å². The van der Waals surface area contributed by atoms with Crippen molar-refractivity contribution >= 4 is 57.2 Å². The maximum absolute atomic E-state index is 13.0. The van der Waals surface area contributed by atoms with Crippen LogP contribution < -0.4 is 4.74 Å². The predicted octanol–water partition coefficient (Wildman–Crippen LogP) is 5.72. The fourth-order valence-electron chi connectivity index (χ4n) is 5.69. The van der Waals surface area contributed by atoms with Gasteiger partial charge in [0.25, 0.3) is 11.8 Å². The van der Waals surface area contributed by atoms with E-state index in [1.54, 1.807) is 24.4 Å². The van der Waals surface area contributed by atoms with E-state index in [-0.39, 0.29) is 35.5 Å². The Morgan fingerprint density at radius 3 is 2.36 bits per heavy atom. The maximum atomic E-state index is 13.0. The Morgan fingerprint density at radius 1 is 1.03 bits per heavy atom. The summed E-state index contributed by atoms with van der Waals surface area (Å²) in [5.74, 6) is 1.38. The Labute approximate surface area is 209 Å². The fraction of sp³-hybridized carbons (Fsp3) is 0.320. The van der Waals surface area contributed by atoms with Crippen LogP contribution in [0.2, 0.25) is 10.0 Å². The van der Waals surface area contributed by atoms with Gasteiger partial charge in [0, 0.05) is 15.6 Å². The smallest absolute Gasteiger partial charge is 0.254 e. The van der Waals surface area contributed by atoms with Crippen LogP contribution in [0.3, 0.4) is 0 Å². The zero-order valence-corrected chi connectivity index (χ0v) is 20.4. The lowest BCUT2D eigenvalue weighted by Gasteiger charge is -2.37. The molecule has 5 aliphatic rings. The van der Waals surface area contributed by atoms with Crippen molar-refractivity contribution in [1.29, 1.82) is 0 Å². The molecule has 0 aromatic heterocycles. The number of hydrogen-bond acceptors (Lipinski definition) is 4. The molecular weight excluding hydrogens is 527 g/mol. The number of nitrogens with zero attached hydrogens (tertiary/aromatic N) is 2. The van der Waals surface area contributed by atoms with E-state index in [0.717, 1.165) is 27.0 Å². The molecule has 2 bridgehead atoms. The molecule has 0 spiro atoms. The van der Waals surface area contributed by atoms with Crippen molar-refractivity contribution < 1.29 is 14.3 Å². The van der Waals surface area contributed by atoms with Crippen LogP contribution >= 0.6 is 39.1 Å². The van der Waals surface area contributed by atoms with Gasteiger partial charge < -0.3 is 4.74 Å². The molecule has 2 amide bonds. The van der Waals surface area contributed by atoms with Gasteiger partial charge in [-0.15, -0.1) is 0 Å². The average Bonchev–Trinajstić information content (AvgIpc) is 3.57. The quantitative estimate of drug-likeness (QED) is 0.274. The molecule has 3 fully saturated rings. The molecular formula is C25H19BrCl2N2O3. The molecule has 2 saturated carbocycles. The van der Waals surface area contributed by atoms with Crippen molar-refractivity contribution in [3.05, 3.63) is 74.2 Å². The van der Waals surface area contributed by atoms with Crippen molar-refractivity contribution in [3.8, 4) is 5.75 Å². The Morgan fingerprint density at radius 2 is 1.73 bits per heavy atom. The number of rotatable bonds is 5. The summed E-state index contributed by atoms with van der Waals surface area (Å²) in [6.45, 7) is 0.292. The molecule has 2 aromatic rings. The topological polar surface area (TPSA) is 59.0 Å². The Bertz CT molecular complexity index is 1210. The third kappa shape index (κ3) is 3.54. The zero-order valence-electron chi connectivity index (χ0n) is 17.3. The molecule has 0 N–H and O–H groups in total. The van der Waals surface area contributed by atoms with Crippen LogP contribution in [0.5, 0.6) is 5.75 Å². The first-order chi connectivity index (χ1) is 15.9. The zero-order chi connectivity index (χ0) is 22.9. The SMILES string of the molecule is O=C1[C@@H]2[C@H]3C=C[C@@H]([C@@H]4C[C@@H]34)[C@H]2C(=O)N1N=Cc1ccc(OCc2ccc(Cl)cc2Cl)c(Br)c1. The summed E-state index contributed by atoms with van der Waals surface area (Å²) in [4.78, 5) is 26.0. The van der Waals surface area contributed by atoms with Gasteiger partial charge >= 0.3 is 0 Å². The number of imide groups is 1. The summed E-state index contributed by atoms with van der Waals surface area (Å²) >= 11 is 15.7. The second-order valence-electron chi connectivity index (χ2n) is 9.10. The molecule has 6 atom stereocenters. The lowest BCUT2D eigenvalue weighted by Crippen LogP contribution is -2.40. The summed E-state index contributed by atoms with van der Waals surface area (Å²) in [5, 5.41) is 6.50. The molecule has 1 heterocycles. The Balaban J connectivity index is 1.15. The summed E-state index contributed by atoms with van der Waals surface area (Å²) < 4.78 is 6.60. The van der Waals surface area contributed by atoms with Crippen molar-refractivity contribution in [1.82, 2.24) is 5.01 Å². The lowest BCUT2D eigenvalue weighted by molar-refractivity contribution is -0.140. The molecule has 1 saturated heterocycles. The highest BCUT2D eigenvalue weighted by Crippen LogP contribution is 2.65. The monoisotopic (exact) mass is 544 g/mol. The highest BCUT2D eigenvalue weighted by Gasteiger charge is 2.67. The molecule has 33 heavy (non-hydrogen) atoms. The van der Waals surface area contributed by atoms with Gasteiger partial charge in [-0.1, -0.05) is 41.4 Å². The van der Waals surface area contributed by atoms with E-state index in [0.29, 0.717) is 34.2 Å². The summed E-state index contributed by atoms with van der Waals surface area (Å²) in [6, 6.07) is 10.7. The van der Waals surface area contributed by atoms with Gasteiger partial charge in [-0.3, -0.25) is 9.59 Å². The van der Waals surface area contributed by atoms with Gasteiger partial charge in [0.1, 0.15) is 12.4 Å². The van der Waals surface area contributed by atoms with Gasteiger partial charge in [0.2, 0.25) is 0 Å². The van der Waals surface area contributed by atoms with Crippen molar-refractivity contribution in [2.75, 3.05) is 0 Å². The van der Waals surface area contributed by atoms with E-state index >= 15 is 0 Å². The number of amides is 2. The number of benzene rings is 2. The van der Waals surface area contributed by atoms with Crippen LogP contribution in [-0.2, 0) is 16.2 Å². The second-order valence-corrected chi connectivity index (χ2v) is 10.8. The van der Waals surface area contributed by atoms with Gasteiger partial charge in [-0.25, -0.2) is 0 Å². The van der Waals surface area contributed by atoms with Crippen LogP contribution in [0, 0.1) is 35.5 Å². The van der Waals surface area contributed by atoms with Crippen molar-refractivity contribution in [2.24, 2.45) is 40.6 Å². The number of halogens is 3. The van der Waals surface area contributed by atoms with E-state index in [2.05, 4.69) is 33.2 Å². The number of allylic oxidation sites excluding steroid dienone is 2. The molecule has 168 valence electrons. The van der Waals surface area contributed by atoms with Crippen LogP contribution in [0.4, 0.5) is 0 Å². The van der Waals surface area contributed by atoms with Gasteiger partial charge in [-0.05, 0) is 81.9 Å². The molecule has 8 heteroatoms. The number of carbonyl (C=O) groups is 2. The van der Waals surface area contributed by atoms with Crippen molar-refractivity contribution in [3.63, 3.8) is 0 Å². The molecule has 5 nitrogen and oxygen atoms in total. The van der Waals surface area contributed by atoms with E-state index in [9.17, 15) is 9.59 Å². The first-order valence-electron chi connectivity index (χ1n) is 10.9. The number of ether oxygens (including phenoxy) is 1. The first kappa shape index (κ1) is 21.4. The predicted molar refractivity (Wildman–Crippen MR) is 129 cm³/mol. The summed E-state index contributed by atoms with van der Waals surface area (Å²) in [7, 11) is 0. The minimum atomic E-state index is -0.240. The molecule has 0 radical (unpaired) electrons. The Hall–Kier alpha value is -2.15. The normalized spacial score (nSPS) is 31.3. The third-order valence-electron chi connectivity index (χ3n) is 7.32. The average molecular weight is 546 g/mol. The molecule has 1 aliphatic heterocycles. The number of carbonyl (C=O) groups excluding carboxylic acids is 2. The highest BCUT2D eigenvalue weighted by atomic mass is 79.9. The van der Waals surface area contributed by atoms with E-state index in [1.807, 2.05) is 18.2 Å². The summed E-state index contributed by atoms with van der Waals surface area (Å²) in [5.41, 5.74) is 1.57. The standard InChI is InChI=1S/C25H19BrCl2N2O3/c26-19-7-12(1-6-21(19)33-11-13-2-3-14(27)8-20(13)28)10-29-30-24(31)22-15-4-5-16(18-9-17(15)18)23(22)25(30)32/h1-8,10,15-18,22-23H,9,11H2/t15-,16-,17-,18-,22+,23+/m0/s1. The minimum Gasteiger partial charge on any atom is -0.488 e. The fourth-order valence-corrected chi connectivity index (χ4v) is 6.66. The van der Waals surface area contributed by atoms with Gasteiger partial charge in [0.05, 0.1) is 22.5 Å². The minimum absolute atomic E-state index is 0.162. The molecule has 4 aliphatic carbocycles. The van der Waals surface area contributed by atoms with Crippen LogP contribution in [-0.4, -0.2) is 23.0 Å². The van der Waals surface area contributed by atoms with Crippen LogP contribution in [0.15, 0.2) is 58.1 Å². The summed E-state index contributed by atoms with van der Waals surface area (Å²) in [6.07, 6.45) is 7.01. The van der Waals surface area contributed by atoms with Crippen molar-refractivity contribution in [2.45, 2.75) is 13.0 Å². The maximum Gasteiger partial charge on any atom is 0.254 e. The Kier molecular flexibility index (Phi) is 5.16. The number of hydrazone groups is 1. The van der Waals surface area contributed by atoms with E-state index < -0.39 is 0 Å². The van der Waals surface area contributed by atoms with E-state index in [1.165, 1.54) is 0 Å². The lowest BCUT2D eigenvalue weighted by atomic mass is 9.63. The largest absolute Gasteiger partial charge is 0.488 e. The first-order valence-corrected chi connectivity index (χ1v) is 12.4. The third-order valence-corrected chi connectivity index (χ3v) is 8.52. The van der Waals surface area contributed by atoms with E-state index in [4.69, 9.17) is 27.9 Å². The van der Waals surface area contributed by atoms with Gasteiger partial charge in [0.15, 0.2) is 0 Å². The molecule has 0 unspecified atom stereocenters.